The summed E-state index contributed by atoms with van der Waals surface area (Å²) in [6.07, 6.45) is 1.38. The number of nitrogens with zero attached hydrogens (tertiary/aromatic N) is 2. The Morgan fingerprint density at radius 3 is 2.61 bits per heavy atom. The number of phenolic OH excluding ortho intramolecular Hbond substituents is 1. The number of aromatic hydroxyl groups is 1. The van der Waals surface area contributed by atoms with E-state index in [4.69, 9.17) is 5.73 Å². The van der Waals surface area contributed by atoms with Crippen molar-refractivity contribution in [3.63, 3.8) is 0 Å². The van der Waals surface area contributed by atoms with Gasteiger partial charge in [-0.05, 0) is 68.9 Å². The van der Waals surface area contributed by atoms with Crippen molar-refractivity contribution in [3.8, 4) is 5.75 Å². The molecule has 5 aliphatic rings. The topological polar surface area (TPSA) is 177 Å². The quantitative estimate of drug-likeness (QED) is 0.290. The van der Waals surface area contributed by atoms with Crippen molar-refractivity contribution in [3.05, 3.63) is 39.7 Å². The van der Waals surface area contributed by atoms with Gasteiger partial charge in [-0.3, -0.25) is 19.3 Å². The summed E-state index contributed by atoms with van der Waals surface area (Å²) < 4.78 is 0. The molecule has 2 aliphatic heterocycles. The Balaban J connectivity index is 1.56. The van der Waals surface area contributed by atoms with E-state index >= 15 is 0 Å². The van der Waals surface area contributed by atoms with Crippen LogP contribution in [0.25, 0.3) is 5.76 Å². The van der Waals surface area contributed by atoms with Gasteiger partial charge < -0.3 is 36.4 Å². The number of aliphatic hydroxyl groups excluding tert-OH is 2. The van der Waals surface area contributed by atoms with Crippen LogP contribution in [-0.2, 0) is 20.8 Å². The fourth-order valence-corrected chi connectivity index (χ4v) is 7.78. The van der Waals surface area contributed by atoms with E-state index in [0.717, 1.165) is 30.8 Å². The standard InChI is InChI=1S/C27H32N4O7/c1-30(2)21-14-7-11-6-12-17(15(32)8-13-19-10(4-5-29-19)9-31(3)20(12)13)22(33)16(11)24(35)27(14,38)25(36)18(23(21)34)26(28)37/h8,10-11,14,19,21,29,32-33,36,38H,4-7,9H2,1-3H3,(H2,28,37)/t10?,11-,14-,19?,21-,27+/m1/s1. The third kappa shape index (κ3) is 2.97. The van der Waals surface area contributed by atoms with Crippen molar-refractivity contribution in [2.24, 2.45) is 23.5 Å². The summed E-state index contributed by atoms with van der Waals surface area (Å²) >= 11 is 0. The van der Waals surface area contributed by atoms with Crippen LogP contribution < -0.4 is 16.0 Å². The minimum atomic E-state index is -2.63. The van der Waals surface area contributed by atoms with E-state index in [0.29, 0.717) is 11.5 Å². The second kappa shape index (κ2) is 8.05. The largest absolute Gasteiger partial charge is 0.508 e. The number of primary amides is 1. The van der Waals surface area contributed by atoms with Gasteiger partial charge in [0.25, 0.3) is 5.91 Å². The summed E-state index contributed by atoms with van der Waals surface area (Å²) in [4.78, 5) is 42.9. The van der Waals surface area contributed by atoms with Crippen LogP contribution in [0.5, 0.6) is 5.75 Å². The van der Waals surface area contributed by atoms with E-state index in [2.05, 4.69) is 10.2 Å². The lowest BCUT2D eigenvalue weighted by Gasteiger charge is -2.50. The highest BCUT2D eigenvalue weighted by molar-refractivity contribution is 6.24. The van der Waals surface area contributed by atoms with Gasteiger partial charge in [-0.2, -0.15) is 0 Å². The number of likely N-dealkylation sites (N-methyl/N-ethyl adjacent to an activating group) is 1. The van der Waals surface area contributed by atoms with Gasteiger partial charge in [-0.15, -0.1) is 0 Å². The number of ketones is 2. The van der Waals surface area contributed by atoms with Gasteiger partial charge >= 0.3 is 0 Å². The van der Waals surface area contributed by atoms with Crippen molar-refractivity contribution >= 4 is 28.9 Å². The van der Waals surface area contributed by atoms with Gasteiger partial charge in [0.15, 0.2) is 11.4 Å². The predicted octanol–water partition coefficient (Wildman–Crippen LogP) is 0.0644. The van der Waals surface area contributed by atoms with Gasteiger partial charge in [-0.1, -0.05) is 0 Å². The number of nitrogens with one attached hydrogen (secondary N) is 1. The van der Waals surface area contributed by atoms with Crippen molar-refractivity contribution in [2.75, 3.05) is 39.1 Å². The molecule has 202 valence electrons. The molecular formula is C27H32N4O7. The summed E-state index contributed by atoms with van der Waals surface area (Å²) in [5.41, 5.74) is 4.46. The predicted molar refractivity (Wildman–Crippen MR) is 136 cm³/mol. The average molecular weight is 525 g/mol. The lowest BCUT2D eigenvalue weighted by Crippen LogP contribution is -2.65. The Labute approximate surface area is 219 Å². The van der Waals surface area contributed by atoms with Crippen LogP contribution in [0.3, 0.4) is 0 Å². The maximum atomic E-state index is 14.0. The molecule has 11 heteroatoms. The number of Topliss-reactive ketones (excluding diaryl/α,β-unsaturated/α-hetero) is 2. The van der Waals surface area contributed by atoms with Crippen LogP contribution in [0.2, 0.25) is 0 Å². The molecule has 1 saturated carbocycles. The average Bonchev–Trinajstić information content (AvgIpc) is 3.29. The van der Waals surface area contributed by atoms with Crippen LogP contribution in [0.15, 0.2) is 23.0 Å². The van der Waals surface area contributed by atoms with Gasteiger partial charge in [0.05, 0.1) is 11.6 Å². The number of hydrogen-bond acceptors (Lipinski definition) is 10. The summed E-state index contributed by atoms with van der Waals surface area (Å²) in [5.74, 6) is -6.02. The van der Waals surface area contributed by atoms with Crippen molar-refractivity contribution in [2.45, 2.75) is 36.9 Å². The van der Waals surface area contributed by atoms with Crippen LogP contribution in [0.1, 0.15) is 35.6 Å². The molecule has 3 aliphatic carbocycles. The Bertz CT molecular complexity index is 1380. The summed E-state index contributed by atoms with van der Waals surface area (Å²) in [7, 11) is 5.14. The summed E-state index contributed by atoms with van der Waals surface area (Å²) in [5, 5.41) is 48.7. The first-order valence-electron chi connectivity index (χ1n) is 12.9. The highest BCUT2D eigenvalue weighted by Gasteiger charge is 2.64. The third-order valence-corrected chi connectivity index (χ3v) is 9.30. The van der Waals surface area contributed by atoms with E-state index in [1.54, 1.807) is 20.2 Å². The highest BCUT2D eigenvalue weighted by Crippen LogP contribution is 2.55. The minimum absolute atomic E-state index is 0.0736. The first-order chi connectivity index (χ1) is 17.9. The number of anilines is 1. The highest BCUT2D eigenvalue weighted by atomic mass is 16.3. The van der Waals surface area contributed by atoms with Crippen LogP contribution in [0.4, 0.5) is 5.69 Å². The van der Waals surface area contributed by atoms with Gasteiger partial charge in [-0.25, -0.2) is 0 Å². The number of hydrogen-bond donors (Lipinski definition) is 6. The zero-order chi connectivity index (χ0) is 27.4. The Morgan fingerprint density at radius 2 is 1.95 bits per heavy atom. The first-order valence-corrected chi connectivity index (χ1v) is 12.9. The molecule has 1 aromatic rings. The molecule has 1 saturated heterocycles. The Morgan fingerprint density at radius 1 is 1.24 bits per heavy atom. The molecule has 2 fully saturated rings. The lowest BCUT2D eigenvalue weighted by atomic mass is 9.57. The van der Waals surface area contributed by atoms with E-state index < -0.39 is 58.0 Å². The molecule has 0 bridgehead atoms. The molecule has 7 N–H and O–H groups in total. The molecule has 6 rings (SSSR count). The molecule has 0 spiro atoms. The number of rotatable bonds is 2. The van der Waals surface area contributed by atoms with Crippen molar-refractivity contribution < 1.29 is 34.8 Å². The number of aliphatic hydroxyl groups is 3. The number of phenols is 1. The molecule has 11 nitrogen and oxygen atoms in total. The molecule has 0 radical (unpaired) electrons. The lowest BCUT2D eigenvalue weighted by molar-refractivity contribution is -0.153. The Kier molecular flexibility index (Phi) is 5.27. The van der Waals surface area contributed by atoms with E-state index in [1.807, 2.05) is 7.05 Å². The third-order valence-electron chi connectivity index (χ3n) is 9.30. The molecule has 2 heterocycles. The van der Waals surface area contributed by atoms with Gasteiger partial charge in [0.2, 0.25) is 5.78 Å². The monoisotopic (exact) mass is 524 g/mol. The van der Waals surface area contributed by atoms with Crippen LogP contribution in [-0.4, -0.2) is 88.7 Å². The number of fused-ring (bicyclic) bond motifs is 7. The van der Waals surface area contributed by atoms with E-state index in [9.17, 15) is 34.8 Å². The normalized spacial score (nSPS) is 34.1. The smallest absolute Gasteiger partial charge is 0.255 e. The Hall–Kier alpha value is -3.41. The summed E-state index contributed by atoms with van der Waals surface area (Å²) in [6.45, 7) is 1.67. The molecule has 1 aromatic carbocycles. The van der Waals surface area contributed by atoms with Crippen molar-refractivity contribution in [1.29, 1.82) is 0 Å². The van der Waals surface area contributed by atoms with Gasteiger partial charge in [0, 0.05) is 36.8 Å². The molecule has 38 heavy (non-hydrogen) atoms. The molecule has 1 amide bonds. The molecule has 2 unspecified atom stereocenters. The molecule has 6 atom stereocenters. The van der Waals surface area contributed by atoms with Crippen LogP contribution in [0, 0.1) is 17.8 Å². The fourth-order valence-electron chi connectivity index (χ4n) is 7.78. The zero-order valence-electron chi connectivity index (χ0n) is 21.5. The molecular weight excluding hydrogens is 492 g/mol. The van der Waals surface area contributed by atoms with Crippen molar-refractivity contribution in [1.82, 2.24) is 10.2 Å². The van der Waals surface area contributed by atoms with Crippen LogP contribution >= 0.6 is 0 Å². The number of carbonyl (C=O) groups is 3. The minimum Gasteiger partial charge on any atom is -0.508 e. The maximum Gasteiger partial charge on any atom is 0.255 e. The SMILES string of the molecule is CN1CC2CCNC2c2cc(O)c3c(c21)C[C@@H]1C[C@@H]2[C@@H](N(C)C)C(=O)C(C(N)=O)=C(O)[C@@]2(O)C(=O)C1=C3O. The second-order valence-corrected chi connectivity index (χ2v) is 11.5. The molecule has 0 aromatic heterocycles. The summed E-state index contributed by atoms with van der Waals surface area (Å²) in [6, 6.07) is 0.606. The van der Waals surface area contributed by atoms with Gasteiger partial charge in [0.1, 0.15) is 22.8 Å². The fraction of sp³-hybridized carbons (Fsp3) is 0.519. The first kappa shape index (κ1) is 24.9. The zero-order valence-corrected chi connectivity index (χ0v) is 21.5. The van der Waals surface area contributed by atoms with E-state index in [-0.39, 0.29) is 35.8 Å². The van der Waals surface area contributed by atoms with E-state index in [1.165, 1.54) is 4.90 Å². The number of benzene rings is 1. The second-order valence-electron chi connectivity index (χ2n) is 11.5. The number of carbonyl (C=O) groups excluding carboxylic acids is 3. The maximum absolute atomic E-state index is 14.0. The number of amides is 1. The number of nitrogens with two attached hydrogens (primary N) is 1.